The molecule has 0 aliphatic carbocycles. The van der Waals surface area contributed by atoms with Gasteiger partial charge in [-0.25, -0.2) is 4.79 Å². The van der Waals surface area contributed by atoms with E-state index in [0.717, 1.165) is 42.3 Å². The number of rotatable bonds is 10. The molecule has 2 heterocycles. The van der Waals surface area contributed by atoms with Gasteiger partial charge in [-0.3, -0.25) is 4.57 Å². The summed E-state index contributed by atoms with van der Waals surface area (Å²) >= 11 is 0. The molecular formula is C29H41N3O5Si. The maximum atomic E-state index is 12.5. The summed E-state index contributed by atoms with van der Waals surface area (Å²) in [5, 5.41) is 0. The monoisotopic (exact) mass is 539 g/mol. The van der Waals surface area contributed by atoms with E-state index in [9.17, 15) is 4.79 Å². The van der Waals surface area contributed by atoms with Crippen molar-refractivity contribution < 1.29 is 23.7 Å². The molecule has 1 atom stereocenters. The van der Waals surface area contributed by atoms with Crippen LogP contribution >= 0.6 is 0 Å². The van der Waals surface area contributed by atoms with E-state index in [0.29, 0.717) is 31.6 Å². The maximum Gasteiger partial charge on any atom is 0.410 e. The van der Waals surface area contributed by atoms with Crippen LogP contribution in [-0.4, -0.2) is 60.0 Å². The number of imidazole rings is 1. The van der Waals surface area contributed by atoms with Crippen LogP contribution in [0.3, 0.4) is 0 Å². The molecule has 9 heteroatoms. The minimum absolute atomic E-state index is 0.00151. The second-order valence-corrected chi connectivity index (χ2v) is 17.6. The summed E-state index contributed by atoms with van der Waals surface area (Å²) in [5.41, 5.74) is 1.32. The number of fused-ring (bicyclic) bond motifs is 1. The molecule has 1 aromatic heterocycles. The van der Waals surface area contributed by atoms with Crippen molar-refractivity contribution in [1.82, 2.24) is 14.5 Å². The number of ether oxygens (including phenoxy) is 4. The minimum atomic E-state index is -1.17. The normalized spacial score (nSPS) is 16.2. The van der Waals surface area contributed by atoms with E-state index in [-0.39, 0.29) is 12.1 Å². The Hall–Kier alpha value is -3.04. The molecule has 1 saturated heterocycles. The molecule has 3 aromatic rings. The topological polar surface area (TPSA) is 75.0 Å². The highest BCUT2D eigenvalue weighted by molar-refractivity contribution is 6.76. The van der Waals surface area contributed by atoms with Crippen molar-refractivity contribution in [2.75, 3.05) is 19.8 Å². The van der Waals surface area contributed by atoms with Gasteiger partial charge in [0.05, 0.1) is 17.1 Å². The predicted octanol–water partition coefficient (Wildman–Crippen LogP) is 6.92. The molecule has 4 rings (SSSR count). The van der Waals surface area contributed by atoms with E-state index in [1.165, 1.54) is 0 Å². The van der Waals surface area contributed by atoms with Crippen LogP contribution in [0.4, 0.5) is 4.79 Å². The van der Waals surface area contributed by atoms with Crippen molar-refractivity contribution in [1.29, 1.82) is 0 Å². The van der Waals surface area contributed by atoms with Gasteiger partial charge in [-0.2, -0.15) is 4.98 Å². The molecule has 0 unspecified atom stereocenters. The summed E-state index contributed by atoms with van der Waals surface area (Å²) in [7, 11) is -1.17. The zero-order valence-electron chi connectivity index (χ0n) is 23.5. The standard InChI is InChI=1S/C29H41N3O5Si/c1-29(2,3)37-28(33)31-17-9-10-22(31)20-35-23-13-15-24(16-14-23)36-27-30-25-11-7-8-12-26(25)32(27)21-34-18-19-38(4,5)6/h7-8,11-16,22H,9-10,17-21H2,1-6H3/t22-/m1/s1. The Morgan fingerprint density at radius 1 is 1.05 bits per heavy atom. The molecule has 0 spiro atoms. The van der Waals surface area contributed by atoms with E-state index >= 15 is 0 Å². The van der Waals surface area contributed by atoms with Gasteiger partial charge in [-0.1, -0.05) is 31.8 Å². The van der Waals surface area contributed by atoms with Gasteiger partial charge < -0.3 is 23.8 Å². The highest BCUT2D eigenvalue weighted by Gasteiger charge is 2.32. The van der Waals surface area contributed by atoms with Gasteiger partial charge in [0.1, 0.15) is 30.4 Å². The molecule has 38 heavy (non-hydrogen) atoms. The first-order valence-electron chi connectivity index (χ1n) is 13.4. The number of aromatic nitrogens is 2. The molecule has 1 amide bonds. The molecule has 0 bridgehead atoms. The SMILES string of the molecule is CC(C)(C)OC(=O)N1CCC[C@@H]1COc1ccc(Oc2nc3ccccc3n2COCC[Si](C)(C)C)cc1. The van der Waals surface area contributed by atoms with Gasteiger partial charge in [0.25, 0.3) is 0 Å². The van der Waals surface area contributed by atoms with Crippen LogP contribution in [0.15, 0.2) is 48.5 Å². The van der Waals surface area contributed by atoms with Gasteiger partial charge >= 0.3 is 12.1 Å². The number of hydrogen-bond donors (Lipinski definition) is 0. The molecule has 8 nitrogen and oxygen atoms in total. The third-order valence-electron chi connectivity index (χ3n) is 6.32. The molecule has 1 aliphatic rings. The molecule has 0 radical (unpaired) electrons. The third kappa shape index (κ3) is 7.74. The molecule has 206 valence electrons. The Balaban J connectivity index is 1.37. The van der Waals surface area contributed by atoms with Crippen molar-refractivity contribution in [2.24, 2.45) is 0 Å². The average molecular weight is 540 g/mol. The van der Waals surface area contributed by atoms with Crippen LogP contribution < -0.4 is 9.47 Å². The number of para-hydroxylation sites is 2. The number of nitrogens with zero attached hydrogens (tertiary/aromatic N) is 3. The lowest BCUT2D eigenvalue weighted by Gasteiger charge is -2.28. The first kappa shape index (κ1) is 28.0. The van der Waals surface area contributed by atoms with Gasteiger partial charge in [-0.15, -0.1) is 0 Å². The summed E-state index contributed by atoms with van der Waals surface area (Å²) in [6.07, 6.45) is 1.57. The third-order valence-corrected chi connectivity index (χ3v) is 8.02. The Kier molecular flexibility index (Phi) is 8.67. The number of benzene rings is 2. The van der Waals surface area contributed by atoms with Gasteiger partial charge in [-0.05, 0) is 76.1 Å². The number of hydrogen-bond acceptors (Lipinski definition) is 6. The maximum absolute atomic E-state index is 12.5. The van der Waals surface area contributed by atoms with Crippen LogP contribution in [0.5, 0.6) is 17.5 Å². The largest absolute Gasteiger partial charge is 0.491 e. The summed E-state index contributed by atoms with van der Waals surface area (Å²) in [5.74, 6) is 1.38. The lowest BCUT2D eigenvalue weighted by atomic mass is 10.2. The van der Waals surface area contributed by atoms with Crippen molar-refractivity contribution in [3.05, 3.63) is 48.5 Å². The average Bonchev–Trinajstić information content (AvgIpc) is 3.44. The molecule has 1 fully saturated rings. The Labute approximate surface area is 226 Å². The van der Waals surface area contributed by atoms with E-state index in [1.54, 1.807) is 4.90 Å². The predicted molar refractivity (Wildman–Crippen MR) is 152 cm³/mol. The second-order valence-electron chi connectivity index (χ2n) is 12.0. The Morgan fingerprint density at radius 2 is 1.76 bits per heavy atom. The fourth-order valence-electron chi connectivity index (χ4n) is 4.26. The zero-order valence-corrected chi connectivity index (χ0v) is 24.5. The molecule has 0 saturated carbocycles. The fourth-order valence-corrected chi connectivity index (χ4v) is 5.02. The van der Waals surface area contributed by atoms with E-state index in [1.807, 2.05) is 73.9 Å². The molecule has 2 aromatic carbocycles. The van der Waals surface area contributed by atoms with Crippen molar-refractivity contribution in [2.45, 2.75) is 77.7 Å². The lowest BCUT2D eigenvalue weighted by Crippen LogP contribution is -2.42. The fraction of sp³-hybridized carbons (Fsp3) is 0.517. The highest BCUT2D eigenvalue weighted by Crippen LogP contribution is 2.28. The van der Waals surface area contributed by atoms with Gasteiger partial charge in [0, 0.05) is 21.2 Å². The Bertz CT molecular complexity index is 1210. The van der Waals surface area contributed by atoms with Crippen molar-refractivity contribution >= 4 is 25.2 Å². The summed E-state index contributed by atoms with van der Waals surface area (Å²) in [4.78, 5) is 19.0. The van der Waals surface area contributed by atoms with Crippen molar-refractivity contribution in [3.8, 4) is 17.5 Å². The van der Waals surface area contributed by atoms with Gasteiger partial charge in [0.15, 0.2) is 0 Å². The zero-order chi connectivity index (χ0) is 27.3. The summed E-state index contributed by atoms with van der Waals surface area (Å²) in [6.45, 7) is 14.9. The smallest absolute Gasteiger partial charge is 0.410 e. The number of likely N-dealkylation sites (tertiary alicyclic amines) is 1. The van der Waals surface area contributed by atoms with Gasteiger partial charge in [0.2, 0.25) is 0 Å². The highest BCUT2D eigenvalue weighted by atomic mass is 28.3. The number of carbonyl (C=O) groups excluding carboxylic acids is 1. The second kappa shape index (κ2) is 11.8. The van der Waals surface area contributed by atoms with Crippen LogP contribution in [0.2, 0.25) is 25.7 Å². The molecular weight excluding hydrogens is 498 g/mol. The lowest BCUT2D eigenvalue weighted by molar-refractivity contribution is 0.0187. The van der Waals surface area contributed by atoms with E-state index in [2.05, 4.69) is 24.6 Å². The van der Waals surface area contributed by atoms with Crippen LogP contribution in [0.25, 0.3) is 11.0 Å². The quantitative estimate of drug-likeness (QED) is 0.206. The number of carbonyl (C=O) groups is 1. The van der Waals surface area contributed by atoms with E-state index < -0.39 is 13.7 Å². The van der Waals surface area contributed by atoms with E-state index in [4.69, 9.17) is 18.9 Å². The minimum Gasteiger partial charge on any atom is -0.491 e. The Morgan fingerprint density at radius 3 is 2.47 bits per heavy atom. The van der Waals surface area contributed by atoms with Crippen LogP contribution in [0.1, 0.15) is 33.6 Å². The van der Waals surface area contributed by atoms with Crippen LogP contribution in [-0.2, 0) is 16.2 Å². The molecule has 1 aliphatic heterocycles. The summed E-state index contributed by atoms with van der Waals surface area (Å²) < 4.78 is 25.7. The number of amides is 1. The summed E-state index contributed by atoms with van der Waals surface area (Å²) in [6, 6.07) is 17.0. The first-order valence-corrected chi connectivity index (χ1v) is 17.1. The molecule has 0 N–H and O–H groups in total. The first-order chi connectivity index (χ1) is 18.0. The van der Waals surface area contributed by atoms with Crippen LogP contribution in [0, 0.1) is 0 Å². The van der Waals surface area contributed by atoms with Crippen molar-refractivity contribution in [3.63, 3.8) is 0 Å².